The number of ether oxygens (including phenoxy) is 1. The van der Waals surface area contributed by atoms with E-state index in [9.17, 15) is 10.1 Å². The summed E-state index contributed by atoms with van der Waals surface area (Å²) in [7, 11) is 0. The Bertz CT molecular complexity index is 634. The van der Waals surface area contributed by atoms with Gasteiger partial charge in [-0.15, -0.1) is 12.4 Å². The second-order valence-corrected chi connectivity index (χ2v) is 4.26. The monoisotopic (exact) mass is 325 g/mol. The lowest BCUT2D eigenvalue weighted by molar-refractivity contribution is -0.384. The number of aliphatic hydroxyl groups excluding tert-OH is 1. The molecule has 8 heteroatoms. The molecule has 0 heterocycles. The fourth-order valence-electron chi connectivity index (χ4n) is 1.75. The highest BCUT2D eigenvalue weighted by atomic mass is 35.5. The standard InChI is InChI=1S/C14H15N3O4.ClH/c15-10-1-6-14(21-8-7-18)13(9-10)16-11-2-4-12(5-3-11)17(19)20;/h1-6,9,16,18H,7-8,15H2;1H. The van der Waals surface area contributed by atoms with E-state index in [1.54, 1.807) is 30.3 Å². The van der Waals surface area contributed by atoms with Crippen molar-refractivity contribution < 1.29 is 14.8 Å². The predicted octanol–water partition coefficient (Wildman–Crippen LogP) is 2.71. The van der Waals surface area contributed by atoms with E-state index in [1.807, 2.05) is 0 Å². The quantitative estimate of drug-likeness (QED) is 0.428. The number of nitrogens with one attached hydrogen (secondary N) is 1. The molecule has 0 saturated heterocycles. The van der Waals surface area contributed by atoms with Crippen molar-refractivity contribution in [3.63, 3.8) is 0 Å². The van der Waals surface area contributed by atoms with Gasteiger partial charge in [0.2, 0.25) is 0 Å². The summed E-state index contributed by atoms with van der Waals surface area (Å²) in [5, 5.41) is 22.5. The smallest absolute Gasteiger partial charge is 0.269 e. The number of nitro benzene ring substituents is 1. The molecule has 0 aromatic heterocycles. The highest BCUT2D eigenvalue weighted by Gasteiger charge is 2.07. The van der Waals surface area contributed by atoms with Gasteiger partial charge in [-0.25, -0.2) is 0 Å². The Hall–Kier alpha value is -2.51. The molecule has 7 nitrogen and oxygen atoms in total. The predicted molar refractivity (Wildman–Crippen MR) is 87.1 cm³/mol. The molecular weight excluding hydrogens is 310 g/mol. The van der Waals surface area contributed by atoms with Gasteiger partial charge in [-0.05, 0) is 30.3 Å². The van der Waals surface area contributed by atoms with Gasteiger partial charge < -0.3 is 20.9 Å². The number of benzene rings is 2. The molecular formula is C14H16ClN3O4. The zero-order chi connectivity index (χ0) is 15.2. The average molecular weight is 326 g/mol. The molecule has 0 aliphatic heterocycles. The molecule has 4 N–H and O–H groups in total. The zero-order valence-corrected chi connectivity index (χ0v) is 12.4. The van der Waals surface area contributed by atoms with Gasteiger partial charge in [-0.3, -0.25) is 10.1 Å². The van der Waals surface area contributed by atoms with Crippen LogP contribution < -0.4 is 15.8 Å². The minimum absolute atomic E-state index is 0. The van der Waals surface area contributed by atoms with Gasteiger partial charge in [0, 0.05) is 23.5 Å². The van der Waals surface area contributed by atoms with E-state index in [4.69, 9.17) is 15.6 Å². The van der Waals surface area contributed by atoms with Gasteiger partial charge >= 0.3 is 0 Å². The maximum Gasteiger partial charge on any atom is 0.269 e. The summed E-state index contributed by atoms with van der Waals surface area (Å²) in [5.41, 5.74) is 7.60. The molecule has 0 fully saturated rings. The Morgan fingerprint density at radius 2 is 1.91 bits per heavy atom. The minimum Gasteiger partial charge on any atom is -0.489 e. The third kappa shape index (κ3) is 4.51. The van der Waals surface area contributed by atoms with Gasteiger partial charge in [-0.2, -0.15) is 0 Å². The molecule has 2 rings (SSSR count). The number of nitrogen functional groups attached to an aromatic ring is 1. The average Bonchev–Trinajstić information content (AvgIpc) is 2.47. The van der Waals surface area contributed by atoms with Crippen molar-refractivity contribution in [3.8, 4) is 5.75 Å². The van der Waals surface area contributed by atoms with E-state index in [0.717, 1.165) is 0 Å². The largest absolute Gasteiger partial charge is 0.489 e. The summed E-state index contributed by atoms with van der Waals surface area (Å²) in [5.74, 6) is 0.539. The molecule has 0 radical (unpaired) electrons. The molecule has 22 heavy (non-hydrogen) atoms. The first-order chi connectivity index (χ1) is 10.1. The SMILES string of the molecule is Cl.Nc1ccc(OCCO)c(Nc2ccc([N+](=O)[O-])cc2)c1. The Morgan fingerprint density at radius 3 is 2.50 bits per heavy atom. The van der Waals surface area contributed by atoms with Crippen molar-refractivity contribution in [2.45, 2.75) is 0 Å². The Balaban J connectivity index is 0.00000242. The van der Waals surface area contributed by atoms with E-state index >= 15 is 0 Å². The van der Waals surface area contributed by atoms with Crippen LogP contribution >= 0.6 is 12.4 Å². The van der Waals surface area contributed by atoms with Crippen molar-refractivity contribution in [3.05, 3.63) is 52.6 Å². The summed E-state index contributed by atoms with van der Waals surface area (Å²) in [6.45, 7) is 0.0697. The zero-order valence-electron chi connectivity index (χ0n) is 11.6. The second kappa shape index (κ2) is 8.06. The first kappa shape index (κ1) is 17.5. The van der Waals surface area contributed by atoms with Crippen LogP contribution in [0.4, 0.5) is 22.7 Å². The highest BCUT2D eigenvalue weighted by Crippen LogP contribution is 2.30. The number of nitrogens with two attached hydrogens (primary N) is 1. The van der Waals surface area contributed by atoms with Gasteiger partial charge in [0.25, 0.3) is 5.69 Å². The van der Waals surface area contributed by atoms with Crippen LogP contribution in [0.2, 0.25) is 0 Å². The number of hydrogen-bond donors (Lipinski definition) is 3. The lowest BCUT2D eigenvalue weighted by Gasteiger charge is -2.13. The Morgan fingerprint density at radius 1 is 1.23 bits per heavy atom. The van der Waals surface area contributed by atoms with E-state index in [-0.39, 0.29) is 31.3 Å². The minimum atomic E-state index is -0.458. The number of nitro groups is 1. The van der Waals surface area contributed by atoms with Crippen LogP contribution in [0.25, 0.3) is 0 Å². The summed E-state index contributed by atoms with van der Waals surface area (Å²) in [4.78, 5) is 10.2. The number of halogens is 1. The molecule has 0 amide bonds. The van der Waals surface area contributed by atoms with Crippen LogP contribution in [0.1, 0.15) is 0 Å². The number of nitrogens with zero attached hydrogens (tertiary/aromatic N) is 1. The first-order valence-corrected chi connectivity index (χ1v) is 6.25. The molecule has 0 bridgehead atoms. The van der Waals surface area contributed by atoms with E-state index in [1.165, 1.54) is 12.1 Å². The number of hydrogen-bond acceptors (Lipinski definition) is 6. The number of anilines is 3. The van der Waals surface area contributed by atoms with Crippen molar-refractivity contribution in [2.75, 3.05) is 24.3 Å². The third-order valence-corrected chi connectivity index (χ3v) is 2.71. The summed E-state index contributed by atoms with van der Waals surface area (Å²) < 4.78 is 5.40. The first-order valence-electron chi connectivity index (χ1n) is 6.25. The van der Waals surface area contributed by atoms with Crippen LogP contribution in [0.3, 0.4) is 0 Å². The molecule has 0 atom stereocenters. The Labute approximate surface area is 133 Å². The normalized spacial score (nSPS) is 9.68. The Kier molecular flexibility index (Phi) is 6.43. The number of rotatable bonds is 6. The second-order valence-electron chi connectivity index (χ2n) is 4.26. The maximum atomic E-state index is 10.6. The van der Waals surface area contributed by atoms with Gasteiger partial charge in [-0.1, -0.05) is 0 Å². The van der Waals surface area contributed by atoms with E-state index in [0.29, 0.717) is 22.8 Å². The van der Waals surface area contributed by atoms with E-state index < -0.39 is 4.92 Å². The van der Waals surface area contributed by atoms with Crippen molar-refractivity contribution in [2.24, 2.45) is 0 Å². The van der Waals surface area contributed by atoms with Crippen LogP contribution in [-0.4, -0.2) is 23.2 Å². The molecule has 0 aliphatic rings. The number of aliphatic hydroxyl groups is 1. The highest BCUT2D eigenvalue weighted by molar-refractivity contribution is 5.85. The van der Waals surface area contributed by atoms with Crippen LogP contribution in [0, 0.1) is 10.1 Å². The van der Waals surface area contributed by atoms with Crippen molar-refractivity contribution in [1.82, 2.24) is 0 Å². The maximum absolute atomic E-state index is 10.6. The molecule has 118 valence electrons. The topological polar surface area (TPSA) is 111 Å². The van der Waals surface area contributed by atoms with Crippen molar-refractivity contribution in [1.29, 1.82) is 0 Å². The molecule has 2 aromatic carbocycles. The van der Waals surface area contributed by atoms with Crippen molar-refractivity contribution >= 4 is 35.2 Å². The van der Waals surface area contributed by atoms with E-state index in [2.05, 4.69) is 5.32 Å². The van der Waals surface area contributed by atoms with Gasteiger partial charge in [0.1, 0.15) is 12.4 Å². The number of non-ortho nitro benzene ring substituents is 1. The van der Waals surface area contributed by atoms with Gasteiger partial charge in [0.15, 0.2) is 0 Å². The third-order valence-electron chi connectivity index (χ3n) is 2.71. The van der Waals surface area contributed by atoms with Crippen LogP contribution in [0.15, 0.2) is 42.5 Å². The summed E-state index contributed by atoms with van der Waals surface area (Å²) in [6.07, 6.45) is 0. The molecule has 0 saturated carbocycles. The summed E-state index contributed by atoms with van der Waals surface area (Å²) >= 11 is 0. The molecule has 0 spiro atoms. The lowest BCUT2D eigenvalue weighted by atomic mass is 10.2. The molecule has 0 aliphatic carbocycles. The van der Waals surface area contributed by atoms with Gasteiger partial charge in [0.05, 0.1) is 17.2 Å². The fraction of sp³-hybridized carbons (Fsp3) is 0.143. The fourth-order valence-corrected chi connectivity index (χ4v) is 1.75. The van der Waals surface area contributed by atoms with Crippen LogP contribution in [0.5, 0.6) is 5.75 Å². The lowest BCUT2D eigenvalue weighted by Crippen LogP contribution is -2.04. The van der Waals surface area contributed by atoms with Crippen LogP contribution in [-0.2, 0) is 0 Å². The molecule has 0 unspecified atom stereocenters. The molecule has 2 aromatic rings. The summed E-state index contributed by atoms with van der Waals surface area (Å²) in [6, 6.07) is 11.1.